The predicted molar refractivity (Wildman–Crippen MR) is 492 cm³/mol. The molecular weight excluding hydrogens is 1390 g/mol. The highest BCUT2D eigenvalue weighted by molar-refractivity contribution is 6.19. The van der Waals surface area contributed by atoms with Crippen molar-refractivity contribution in [3.8, 4) is 77.9 Å². The molecule has 0 saturated carbocycles. The molecule has 4 aliphatic rings. The molecule has 0 bridgehead atoms. The van der Waals surface area contributed by atoms with Crippen LogP contribution >= 0.6 is 0 Å². The summed E-state index contributed by atoms with van der Waals surface area (Å²) >= 11 is 0. The molecule has 0 spiro atoms. The second kappa shape index (κ2) is 32.3. The van der Waals surface area contributed by atoms with E-state index in [0.29, 0.717) is 0 Å². The van der Waals surface area contributed by atoms with Gasteiger partial charge in [0.1, 0.15) is 22.3 Å². The van der Waals surface area contributed by atoms with Crippen LogP contribution in [0, 0.1) is 0 Å². The van der Waals surface area contributed by atoms with E-state index in [0.717, 1.165) is 64.7 Å². The van der Waals surface area contributed by atoms with Crippen LogP contribution < -0.4 is 4.90 Å². The molecule has 0 radical (unpaired) electrons. The van der Waals surface area contributed by atoms with Crippen molar-refractivity contribution < 1.29 is 8.83 Å². The van der Waals surface area contributed by atoms with Crippen LogP contribution in [-0.4, -0.2) is 0 Å². The van der Waals surface area contributed by atoms with Crippen molar-refractivity contribution in [3.63, 3.8) is 0 Å². The van der Waals surface area contributed by atoms with Gasteiger partial charge in [0.05, 0.1) is 5.69 Å². The summed E-state index contributed by atoms with van der Waals surface area (Å²) in [5, 5.41) is 4.93. The van der Waals surface area contributed by atoms with Gasteiger partial charge < -0.3 is 13.7 Å². The number of rotatable bonds is 34. The number of furan rings is 2. The molecule has 14 aromatic rings. The third kappa shape index (κ3) is 13.3. The first-order chi connectivity index (χ1) is 56.4. The van der Waals surface area contributed by atoms with Crippen LogP contribution in [0.2, 0.25) is 0 Å². The Bertz CT molecular complexity index is 5800. The van der Waals surface area contributed by atoms with Crippen LogP contribution in [0.1, 0.15) is 280 Å². The third-order valence-corrected chi connectivity index (χ3v) is 28.3. The van der Waals surface area contributed by atoms with Crippen molar-refractivity contribution in [1.29, 1.82) is 0 Å². The molecule has 4 aliphatic carbocycles. The van der Waals surface area contributed by atoms with E-state index >= 15 is 0 Å². The quantitative estimate of drug-likeness (QED) is 0.0377. The molecule has 0 N–H and O–H groups in total. The molecule has 0 amide bonds. The Morgan fingerprint density at radius 2 is 0.670 bits per heavy atom. The van der Waals surface area contributed by atoms with Crippen LogP contribution in [0.4, 0.5) is 17.1 Å². The molecule has 0 aliphatic heterocycles. The Kier molecular flexibility index (Phi) is 21.4. The summed E-state index contributed by atoms with van der Waals surface area (Å²) in [6, 6.07) is 92.4. The number of fused-ring (bicyclic) bond motifs is 20. The van der Waals surface area contributed by atoms with Gasteiger partial charge in [0.25, 0.3) is 0 Å². The third-order valence-electron chi connectivity index (χ3n) is 28.3. The summed E-state index contributed by atoms with van der Waals surface area (Å²) in [6.07, 6.45) is 35.1. The highest BCUT2D eigenvalue weighted by Crippen LogP contribution is 2.65. The summed E-state index contributed by atoms with van der Waals surface area (Å²) in [5.74, 6) is 0. The summed E-state index contributed by atoms with van der Waals surface area (Å²) < 4.78 is 14.3. The summed E-state index contributed by atoms with van der Waals surface area (Å²) in [6.45, 7) is 19.2. The first-order valence-electron chi connectivity index (χ1n) is 45.1. The maximum atomic E-state index is 7.26. The second-order valence-electron chi connectivity index (χ2n) is 36.1. The molecule has 115 heavy (non-hydrogen) atoms. The Morgan fingerprint density at radius 1 is 0.252 bits per heavy atom. The minimum atomic E-state index is -0.420. The van der Waals surface area contributed by atoms with E-state index in [4.69, 9.17) is 8.83 Å². The fraction of sp³-hybridized carbons (Fsp3) is 0.357. The highest BCUT2D eigenvalue weighted by atomic mass is 16.3. The van der Waals surface area contributed by atoms with Crippen LogP contribution in [0.15, 0.2) is 245 Å². The van der Waals surface area contributed by atoms with E-state index in [1.165, 1.54) is 282 Å². The van der Waals surface area contributed by atoms with Gasteiger partial charge in [0, 0.05) is 71.3 Å². The van der Waals surface area contributed by atoms with Crippen molar-refractivity contribution in [2.24, 2.45) is 0 Å². The SMILES string of the molecule is CCCCCCCCC1(CCCCCCCC)c2cc(N(c3ccc4c(c3)C(C)(C)c3cc(-c5ccc6c(c5)C(C)(C)c5ccccc5-6)c5oc6ccccc6c5c3-4)c3c(-c4ccccc4)cccc3-c3ccccc3)ccc2-c2cc3c(cc21)-c1c(ccc2oc4ccccc4c12)C3(CCCCCCCC)CCCCCCCC. The number of unbranched alkanes of at least 4 members (excludes halogenated alkanes) is 20. The van der Waals surface area contributed by atoms with Gasteiger partial charge in [-0.2, -0.15) is 0 Å². The van der Waals surface area contributed by atoms with E-state index in [9.17, 15) is 0 Å². The monoisotopic (exact) mass is 1510 g/mol. The van der Waals surface area contributed by atoms with Gasteiger partial charge in [-0.05, 0) is 198 Å². The van der Waals surface area contributed by atoms with Crippen LogP contribution in [0.5, 0.6) is 0 Å². The van der Waals surface area contributed by atoms with Gasteiger partial charge in [-0.15, -0.1) is 0 Å². The number of para-hydroxylation sites is 3. The normalized spacial score (nSPS) is 14.6. The number of anilines is 3. The fourth-order valence-corrected chi connectivity index (χ4v) is 22.3. The zero-order valence-corrected chi connectivity index (χ0v) is 70.1. The standard InChI is InChI=1S/C112H119NO2/c1-9-13-17-21-25-41-66-111(67-42-26-22-18-14-10-2)93-64-65-102-105(87-51-36-39-56-100(87)114-102)104(93)91-75-97-90(74-98(91)111)85-62-59-80(72-96(85)112(97,68-43-27-23-19-15-11-3)69-44-28-24-20-16-12-4)113(107-81(76-46-31-29-32-47-76)53-45-54-82(107)77-48-33-30-34-49-77)79-60-63-86-95(71-79)110(7,8)99-73-89(108-106(103(86)99)88-52-37-40-57-101(88)115-108)78-58-61-84-83-50-35-38-55-92(83)109(5,6)94(84)70-78/h29-40,45-65,70-75H,9-28,41-44,66-69H2,1-8H3. The molecule has 3 heteroatoms. The summed E-state index contributed by atoms with van der Waals surface area (Å²) in [7, 11) is 0. The first-order valence-corrected chi connectivity index (χ1v) is 45.1. The van der Waals surface area contributed by atoms with Crippen molar-refractivity contribution in [3.05, 3.63) is 281 Å². The van der Waals surface area contributed by atoms with Crippen LogP contribution in [-0.2, 0) is 21.7 Å². The lowest BCUT2D eigenvalue weighted by atomic mass is 9.68. The number of hydrogen-bond donors (Lipinski definition) is 0. The van der Waals surface area contributed by atoms with E-state index in [-0.39, 0.29) is 16.2 Å². The molecule has 0 unspecified atom stereocenters. The minimum absolute atomic E-state index is 0.136. The number of benzene rings is 12. The molecular formula is C112H119NO2. The molecule has 2 aromatic heterocycles. The first kappa shape index (κ1) is 76.3. The van der Waals surface area contributed by atoms with E-state index in [1.54, 1.807) is 16.7 Å². The van der Waals surface area contributed by atoms with E-state index < -0.39 is 5.41 Å². The Hall–Kier alpha value is -9.96. The fourth-order valence-electron chi connectivity index (χ4n) is 22.3. The van der Waals surface area contributed by atoms with Crippen LogP contribution in [0.25, 0.3) is 122 Å². The largest absolute Gasteiger partial charge is 0.456 e. The van der Waals surface area contributed by atoms with Gasteiger partial charge >= 0.3 is 0 Å². The van der Waals surface area contributed by atoms with Crippen LogP contribution in [0.3, 0.4) is 0 Å². The topological polar surface area (TPSA) is 29.5 Å². The van der Waals surface area contributed by atoms with Crippen molar-refractivity contribution >= 4 is 60.9 Å². The number of nitrogens with zero attached hydrogens (tertiary/aromatic N) is 1. The lowest BCUT2D eigenvalue weighted by Crippen LogP contribution is -2.27. The average Bonchev–Trinajstić information content (AvgIpc) is 1.60. The Morgan fingerprint density at radius 3 is 1.27 bits per heavy atom. The molecule has 3 nitrogen and oxygen atoms in total. The second-order valence-corrected chi connectivity index (χ2v) is 36.1. The van der Waals surface area contributed by atoms with Crippen molar-refractivity contribution in [1.82, 2.24) is 0 Å². The predicted octanol–water partition coefficient (Wildman–Crippen LogP) is 34.1. The Balaban J connectivity index is 0.868. The van der Waals surface area contributed by atoms with Gasteiger partial charge in [0.15, 0.2) is 0 Å². The zero-order chi connectivity index (χ0) is 78.4. The molecule has 0 saturated heterocycles. The van der Waals surface area contributed by atoms with Gasteiger partial charge in [-0.3, -0.25) is 0 Å². The molecule has 12 aromatic carbocycles. The van der Waals surface area contributed by atoms with Crippen molar-refractivity contribution in [2.45, 2.75) is 257 Å². The average molecular weight is 1510 g/mol. The van der Waals surface area contributed by atoms with Gasteiger partial charge in [0.2, 0.25) is 0 Å². The zero-order valence-electron chi connectivity index (χ0n) is 70.1. The molecule has 584 valence electrons. The molecule has 18 rings (SSSR count). The maximum Gasteiger partial charge on any atom is 0.143 e. The lowest BCUT2D eigenvalue weighted by molar-refractivity contribution is 0.394. The number of hydrogen-bond acceptors (Lipinski definition) is 3. The summed E-state index contributed by atoms with van der Waals surface area (Å²) in [4.78, 5) is 2.73. The lowest BCUT2D eigenvalue weighted by Gasteiger charge is -2.36. The van der Waals surface area contributed by atoms with Gasteiger partial charge in [-0.1, -0.05) is 379 Å². The smallest absolute Gasteiger partial charge is 0.143 e. The van der Waals surface area contributed by atoms with Crippen molar-refractivity contribution in [2.75, 3.05) is 4.90 Å². The van der Waals surface area contributed by atoms with Gasteiger partial charge in [-0.25, -0.2) is 0 Å². The minimum Gasteiger partial charge on any atom is -0.456 e. The van der Waals surface area contributed by atoms with E-state index in [1.807, 2.05) is 0 Å². The van der Waals surface area contributed by atoms with E-state index in [2.05, 4.69) is 297 Å². The molecule has 0 atom stereocenters. The molecule has 0 fully saturated rings. The maximum absolute atomic E-state index is 7.26. The summed E-state index contributed by atoms with van der Waals surface area (Å²) in [5.41, 5.74) is 36.3. The Labute approximate surface area is 686 Å². The molecule has 2 heterocycles. The highest BCUT2D eigenvalue weighted by Gasteiger charge is 2.50.